The minimum atomic E-state index is -1.68. The van der Waals surface area contributed by atoms with E-state index in [0.717, 1.165) is 25.9 Å². The molecule has 0 saturated carbocycles. The van der Waals surface area contributed by atoms with E-state index < -0.39 is 34.7 Å². The number of phenolic OH excluding ortho intramolecular Hbond substituents is 1. The quantitative estimate of drug-likeness (QED) is 0.775. The molecule has 3 rings (SSSR count). The van der Waals surface area contributed by atoms with Crippen molar-refractivity contribution in [1.82, 2.24) is 10.2 Å². The number of phenols is 1. The highest BCUT2D eigenvalue weighted by Gasteiger charge is 2.42. The van der Waals surface area contributed by atoms with Crippen LogP contribution >= 0.6 is 0 Å². The Bertz CT molecular complexity index is 600. The number of carbonyl (C=O) groups excluding carboxylic acids is 1. The summed E-state index contributed by atoms with van der Waals surface area (Å²) < 4.78 is 40.1. The number of hydrogen-bond donors (Lipinski definition) is 2. The van der Waals surface area contributed by atoms with E-state index in [1.165, 1.54) is 4.90 Å². The molecule has 4 nitrogen and oxygen atoms in total. The highest BCUT2D eigenvalue weighted by Crippen LogP contribution is 2.37. The maximum atomic E-state index is 13.8. The molecule has 0 aliphatic carbocycles. The van der Waals surface area contributed by atoms with Gasteiger partial charge in [0.2, 0.25) is 5.82 Å². The summed E-state index contributed by atoms with van der Waals surface area (Å²) in [6.45, 7) is 2.57. The van der Waals surface area contributed by atoms with Gasteiger partial charge in [-0.05, 0) is 25.5 Å². The van der Waals surface area contributed by atoms with Gasteiger partial charge in [0.15, 0.2) is 17.4 Å². The van der Waals surface area contributed by atoms with Gasteiger partial charge in [-0.2, -0.15) is 4.39 Å². The first-order valence-electron chi connectivity index (χ1n) is 6.80. The van der Waals surface area contributed by atoms with Crippen molar-refractivity contribution in [1.29, 1.82) is 0 Å². The monoisotopic (exact) mass is 300 g/mol. The zero-order chi connectivity index (χ0) is 15.2. The average Bonchev–Trinajstić information content (AvgIpc) is 3.10. The fraction of sp³-hybridized carbons (Fsp3) is 0.500. The highest BCUT2D eigenvalue weighted by molar-refractivity contribution is 5.95. The summed E-state index contributed by atoms with van der Waals surface area (Å²) in [7, 11) is 0. The van der Waals surface area contributed by atoms with Crippen LogP contribution in [0.1, 0.15) is 23.2 Å². The number of aromatic hydroxyl groups is 1. The fourth-order valence-electron chi connectivity index (χ4n) is 3.17. The van der Waals surface area contributed by atoms with Crippen molar-refractivity contribution in [2.75, 3.05) is 26.2 Å². The van der Waals surface area contributed by atoms with E-state index in [1.54, 1.807) is 0 Å². The molecule has 114 valence electrons. The Morgan fingerprint density at radius 3 is 2.71 bits per heavy atom. The standard InChI is InChI=1S/C14H15F3N2O2/c15-9-5-8(10(16)12(20)11(9)17)13(21)19-4-2-14(7-19)1-3-18-6-14/h5,18,20H,1-4,6-7H2. The summed E-state index contributed by atoms with van der Waals surface area (Å²) in [4.78, 5) is 13.7. The summed E-state index contributed by atoms with van der Waals surface area (Å²) >= 11 is 0. The first-order valence-corrected chi connectivity index (χ1v) is 6.80. The number of likely N-dealkylation sites (tertiary alicyclic amines) is 1. The Morgan fingerprint density at radius 1 is 1.29 bits per heavy atom. The first kappa shape index (κ1) is 14.2. The van der Waals surface area contributed by atoms with Crippen molar-refractivity contribution in [3.05, 3.63) is 29.1 Å². The van der Waals surface area contributed by atoms with Gasteiger partial charge >= 0.3 is 0 Å². The van der Waals surface area contributed by atoms with Crippen LogP contribution in [0.2, 0.25) is 0 Å². The molecule has 0 bridgehead atoms. The van der Waals surface area contributed by atoms with Crippen LogP contribution in [0.4, 0.5) is 13.2 Å². The molecule has 2 aliphatic heterocycles. The van der Waals surface area contributed by atoms with Crippen LogP contribution in [-0.2, 0) is 0 Å². The second-order valence-corrected chi connectivity index (χ2v) is 5.79. The summed E-state index contributed by atoms with van der Waals surface area (Å²) in [6, 6.07) is 0.505. The lowest BCUT2D eigenvalue weighted by atomic mass is 9.86. The van der Waals surface area contributed by atoms with Crippen LogP contribution in [0.3, 0.4) is 0 Å². The average molecular weight is 300 g/mol. The number of rotatable bonds is 1. The Labute approximate surface area is 119 Å². The first-order chi connectivity index (χ1) is 9.93. The minimum absolute atomic E-state index is 0.00719. The summed E-state index contributed by atoms with van der Waals surface area (Å²) in [5.74, 6) is -6.69. The number of hydrogen-bond acceptors (Lipinski definition) is 3. The van der Waals surface area contributed by atoms with Crippen molar-refractivity contribution in [3.8, 4) is 5.75 Å². The molecule has 2 aliphatic rings. The SMILES string of the molecule is O=C(c1cc(F)c(F)c(O)c1F)N1CCC2(CCNC2)C1. The maximum absolute atomic E-state index is 13.8. The smallest absolute Gasteiger partial charge is 0.257 e. The molecule has 1 aromatic carbocycles. The van der Waals surface area contributed by atoms with Gasteiger partial charge in [0.25, 0.3) is 5.91 Å². The Hall–Kier alpha value is -1.76. The molecule has 2 N–H and O–H groups in total. The molecule has 0 aromatic heterocycles. The van der Waals surface area contributed by atoms with Gasteiger partial charge in [-0.25, -0.2) is 8.78 Å². The Kier molecular flexibility index (Phi) is 3.32. The van der Waals surface area contributed by atoms with E-state index >= 15 is 0 Å². The number of benzene rings is 1. The molecule has 1 aromatic rings. The molecular formula is C14H15F3N2O2. The second-order valence-electron chi connectivity index (χ2n) is 5.79. The molecule has 21 heavy (non-hydrogen) atoms. The lowest BCUT2D eigenvalue weighted by molar-refractivity contribution is 0.0769. The van der Waals surface area contributed by atoms with Gasteiger partial charge in [-0.15, -0.1) is 0 Å². The predicted molar refractivity (Wildman–Crippen MR) is 68.4 cm³/mol. The molecular weight excluding hydrogens is 285 g/mol. The largest absolute Gasteiger partial charge is 0.503 e. The number of nitrogens with zero attached hydrogens (tertiary/aromatic N) is 1. The third-order valence-electron chi connectivity index (χ3n) is 4.42. The highest BCUT2D eigenvalue weighted by atomic mass is 19.2. The van der Waals surface area contributed by atoms with E-state index in [4.69, 9.17) is 0 Å². The number of nitrogens with one attached hydrogen (secondary N) is 1. The van der Waals surface area contributed by atoms with E-state index in [2.05, 4.69) is 5.32 Å². The topological polar surface area (TPSA) is 52.6 Å². The van der Waals surface area contributed by atoms with Gasteiger partial charge in [-0.1, -0.05) is 0 Å². The van der Waals surface area contributed by atoms with Crippen LogP contribution < -0.4 is 5.32 Å². The van der Waals surface area contributed by atoms with Crippen molar-refractivity contribution in [2.24, 2.45) is 5.41 Å². The third kappa shape index (κ3) is 2.25. The van der Waals surface area contributed by atoms with Crippen LogP contribution in [0.15, 0.2) is 6.07 Å². The fourth-order valence-corrected chi connectivity index (χ4v) is 3.17. The van der Waals surface area contributed by atoms with E-state index in [-0.39, 0.29) is 5.41 Å². The van der Waals surface area contributed by atoms with Crippen molar-refractivity contribution in [2.45, 2.75) is 12.8 Å². The number of halogens is 3. The number of carbonyl (C=O) groups is 1. The zero-order valence-electron chi connectivity index (χ0n) is 11.3. The molecule has 1 atom stereocenters. The van der Waals surface area contributed by atoms with Crippen LogP contribution in [0, 0.1) is 22.9 Å². The summed E-state index contributed by atoms with van der Waals surface area (Å²) in [5.41, 5.74) is -0.637. The minimum Gasteiger partial charge on any atom is -0.503 e. The molecule has 2 heterocycles. The van der Waals surface area contributed by atoms with Crippen LogP contribution in [0.5, 0.6) is 5.75 Å². The number of amides is 1. The van der Waals surface area contributed by atoms with Crippen molar-refractivity contribution < 1.29 is 23.1 Å². The molecule has 2 saturated heterocycles. The summed E-state index contributed by atoms with van der Waals surface area (Å²) in [6.07, 6.45) is 1.73. The molecule has 7 heteroatoms. The van der Waals surface area contributed by atoms with E-state index in [9.17, 15) is 23.1 Å². The Balaban J connectivity index is 1.87. The second kappa shape index (κ2) is 4.91. The van der Waals surface area contributed by atoms with Gasteiger partial charge in [0.05, 0.1) is 5.56 Å². The van der Waals surface area contributed by atoms with Crippen LogP contribution in [0.25, 0.3) is 0 Å². The predicted octanol–water partition coefficient (Wildman–Crippen LogP) is 1.64. The van der Waals surface area contributed by atoms with Crippen LogP contribution in [-0.4, -0.2) is 42.1 Å². The van der Waals surface area contributed by atoms with Crippen molar-refractivity contribution in [3.63, 3.8) is 0 Å². The molecule has 1 spiro atoms. The van der Waals surface area contributed by atoms with Gasteiger partial charge in [0, 0.05) is 25.0 Å². The van der Waals surface area contributed by atoms with E-state index in [1.807, 2.05) is 0 Å². The normalized spacial score (nSPS) is 25.0. The Morgan fingerprint density at radius 2 is 2.05 bits per heavy atom. The molecule has 2 fully saturated rings. The lowest BCUT2D eigenvalue weighted by Gasteiger charge is -2.23. The lowest BCUT2D eigenvalue weighted by Crippen LogP contribution is -2.33. The molecule has 1 unspecified atom stereocenters. The molecule has 1 amide bonds. The van der Waals surface area contributed by atoms with Gasteiger partial charge in [-0.3, -0.25) is 4.79 Å². The van der Waals surface area contributed by atoms with Gasteiger partial charge < -0.3 is 15.3 Å². The van der Waals surface area contributed by atoms with Gasteiger partial charge in [0.1, 0.15) is 0 Å². The zero-order valence-corrected chi connectivity index (χ0v) is 11.3. The maximum Gasteiger partial charge on any atom is 0.257 e. The third-order valence-corrected chi connectivity index (χ3v) is 4.42. The molecule has 0 radical (unpaired) electrons. The van der Waals surface area contributed by atoms with E-state index in [0.29, 0.717) is 19.2 Å². The van der Waals surface area contributed by atoms with Crippen molar-refractivity contribution >= 4 is 5.91 Å². The summed E-state index contributed by atoms with van der Waals surface area (Å²) in [5, 5.41) is 12.4.